The van der Waals surface area contributed by atoms with Crippen molar-refractivity contribution in [1.29, 1.82) is 0 Å². The van der Waals surface area contributed by atoms with Crippen LogP contribution >= 0.6 is 0 Å². The van der Waals surface area contributed by atoms with Crippen molar-refractivity contribution in [2.45, 2.75) is 52.0 Å². The number of carbonyl (C=O) groups is 6. The molecule has 17 heteroatoms. The number of carboxylic acids is 3. The van der Waals surface area contributed by atoms with Crippen molar-refractivity contribution in [2.75, 3.05) is 98.7 Å². The summed E-state index contributed by atoms with van der Waals surface area (Å²) in [6.07, 6.45) is 5.51. The van der Waals surface area contributed by atoms with Gasteiger partial charge in [0.25, 0.3) is 0 Å². The Hall–Kier alpha value is -4.94. The standard InChI is InChI=1S/C22H28N2O2.C18H33N5O7.CH5N/c1-2-3-4-8-15-23-22(26)21(24-17-25)16-18-11-13-20(14-12-18)19-9-6-5-7-10-19;1-2-19-15(24)11-20-3-5-21(12-16(25)26)7-9-23(14-18(29)30)10-8-22(6-4-20)13-17(27)28;1-2/h5-7,9-14,17,21H,2-4,8,15-16H2,1H3,(H,23,26)(H,24,25);2-14H2,1H3,(H,19,24)(H,25,26)(H,27,28)(H,29,30);2H2,1H3. The van der Waals surface area contributed by atoms with Gasteiger partial charge < -0.3 is 37.0 Å². The van der Waals surface area contributed by atoms with Gasteiger partial charge in [-0.15, -0.1) is 0 Å². The lowest BCUT2D eigenvalue weighted by atomic mass is 10.0. The van der Waals surface area contributed by atoms with Gasteiger partial charge in [-0.25, -0.2) is 0 Å². The minimum Gasteiger partial charge on any atom is -0.480 e. The summed E-state index contributed by atoms with van der Waals surface area (Å²) in [5, 5.41) is 35.8. The molecule has 1 aliphatic rings. The van der Waals surface area contributed by atoms with Gasteiger partial charge in [-0.2, -0.15) is 0 Å². The Kier molecular flexibility index (Phi) is 27.4. The predicted molar refractivity (Wildman–Crippen MR) is 223 cm³/mol. The summed E-state index contributed by atoms with van der Waals surface area (Å²) in [5.74, 6) is -3.22. The van der Waals surface area contributed by atoms with Gasteiger partial charge in [0.2, 0.25) is 18.2 Å². The van der Waals surface area contributed by atoms with E-state index in [2.05, 4.69) is 40.7 Å². The van der Waals surface area contributed by atoms with Crippen LogP contribution < -0.4 is 21.7 Å². The quantitative estimate of drug-likeness (QED) is 0.0726. The average molecular weight is 815 g/mol. The molecule has 0 spiro atoms. The number of likely N-dealkylation sites (N-methyl/N-ethyl adjacent to an activating group) is 1. The van der Waals surface area contributed by atoms with Gasteiger partial charge in [0.05, 0.1) is 26.2 Å². The fraction of sp³-hybridized carbons (Fsp3) is 0.561. The molecule has 0 aromatic heterocycles. The second-order valence-corrected chi connectivity index (χ2v) is 13.7. The molecular formula is C41H66N8O9. The van der Waals surface area contributed by atoms with E-state index < -0.39 is 23.9 Å². The van der Waals surface area contributed by atoms with Crippen LogP contribution in [0.3, 0.4) is 0 Å². The van der Waals surface area contributed by atoms with Crippen LogP contribution in [0.25, 0.3) is 11.1 Å². The molecule has 0 radical (unpaired) electrons. The maximum absolute atomic E-state index is 12.3. The highest BCUT2D eigenvalue weighted by molar-refractivity contribution is 5.84. The molecule has 1 saturated heterocycles. The molecule has 1 aliphatic heterocycles. The van der Waals surface area contributed by atoms with Crippen molar-refractivity contribution in [2.24, 2.45) is 5.73 Å². The monoisotopic (exact) mass is 814 g/mol. The van der Waals surface area contributed by atoms with Crippen molar-refractivity contribution in [3.63, 3.8) is 0 Å². The molecule has 1 atom stereocenters. The van der Waals surface area contributed by atoms with Crippen LogP contribution in [0.5, 0.6) is 0 Å². The van der Waals surface area contributed by atoms with E-state index in [1.165, 1.54) is 19.9 Å². The van der Waals surface area contributed by atoms with Crippen LogP contribution in [0.4, 0.5) is 0 Å². The maximum atomic E-state index is 12.3. The SMILES string of the molecule is CCCCCCNC(=O)C(Cc1ccc(-c2ccccc2)cc1)NC=O.CCNC(=O)CN1CCN(CC(=O)O)CCN(CC(=O)O)CCN(CC(=O)O)CC1.CN. The fourth-order valence-electron chi connectivity index (χ4n) is 6.14. The highest BCUT2D eigenvalue weighted by Crippen LogP contribution is 2.19. The summed E-state index contributed by atoms with van der Waals surface area (Å²) in [6.45, 7) is 7.77. The van der Waals surface area contributed by atoms with Crippen LogP contribution in [0.2, 0.25) is 0 Å². The van der Waals surface area contributed by atoms with Gasteiger partial charge in [0.1, 0.15) is 6.04 Å². The third-order valence-electron chi connectivity index (χ3n) is 9.16. The number of benzene rings is 2. The summed E-state index contributed by atoms with van der Waals surface area (Å²) < 4.78 is 0. The smallest absolute Gasteiger partial charge is 0.317 e. The Labute approximate surface area is 342 Å². The van der Waals surface area contributed by atoms with Crippen molar-refractivity contribution < 1.29 is 44.1 Å². The van der Waals surface area contributed by atoms with E-state index in [9.17, 15) is 39.0 Å². The van der Waals surface area contributed by atoms with Gasteiger partial charge in [-0.05, 0) is 37.1 Å². The van der Waals surface area contributed by atoms with Crippen molar-refractivity contribution in [3.05, 3.63) is 60.2 Å². The molecule has 8 N–H and O–H groups in total. The lowest BCUT2D eigenvalue weighted by molar-refractivity contribution is -0.140. The number of unbranched alkanes of at least 4 members (excludes halogenated alkanes) is 3. The lowest BCUT2D eigenvalue weighted by Crippen LogP contribution is -2.49. The number of amides is 3. The topological polar surface area (TPSA) is 238 Å². The van der Waals surface area contributed by atoms with Gasteiger partial charge >= 0.3 is 17.9 Å². The van der Waals surface area contributed by atoms with Crippen LogP contribution in [0, 0.1) is 0 Å². The fourth-order valence-corrected chi connectivity index (χ4v) is 6.14. The first-order valence-corrected chi connectivity index (χ1v) is 19.9. The van der Waals surface area contributed by atoms with Crippen LogP contribution in [-0.4, -0.2) is 176 Å². The van der Waals surface area contributed by atoms with Crippen LogP contribution in [0.1, 0.15) is 45.1 Å². The molecule has 0 saturated carbocycles. The second kappa shape index (κ2) is 31.1. The minimum absolute atomic E-state index is 0.124. The summed E-state index contributed by atoms with van der Waals surface area (Å²) >= 11 is 0. The summed E-state index contributed by atoms with van der Waals surface area (Å²) in [4.78, 5) is 75.8. The van der Waals surface area contributed by atoms with E-state index in [0.29, 0.717) is 78.3 Å². The van der Waals surface area contributed by atoms with E-state index in [4.69, 9.17) is 5.11 Å². The Morgan fingerprint density at radius 1 is 0.638 bits per heavy atom. The number of carbonyl (C=O) groups excluding carboxylic acids is 3. The van der Waals surface area contributed by atoms with Gasteiger partial charge in [-0.1, -0.05) is 80.8 Å². The zero-order valence-electron chi connectivity index (χ0n) is 34.4. The largest absolute Gasteiger partial charge is 0.480 e. The highest BCUT2D eigenvalue weighted by atomic mass is 16.4. The molecule has 1 unspecified atom stereocenters. The number of nitrogens with zero attached hydrogens (tertiary/aromatic N) is 4. The molecule has 58 heavy (non-hydrogen) atoms. The number of hydrogen-bond donors (Lipinski definition) is 7. The van der Waals surface area contributed by atoms with E-state index >= 15 is 0 Å². The molecule has 0 aliphatic carbocycles. The Morgan fingerprint density at radius 2 is 1.09 bits per heavy atom. The van der Waals surface area contributed by atoms with Crippen LogP contribution in [0.15, 0.2) is 54.6 Å². The predicted octanol–water partition coefficient (Wildman–Crippen LogP) is 0.880. The zero-order valence-corrected chi connectivity index (χ0v) is 34.4. The number of nitrogens with one attached hydrogen (secondary N) is 3. The van der Waals surface area contributed by atoms with Crippen molar-refractivity contribution >= 4 is 36.1 Å². The van der Waals surface area contributed by atoms with E-state index in [-0.39, 0.29) is 38.0 Å². The molecule has 3 amide bonds. The van der Waals surface area contributed by atoms with Gasteiger partial charge in [-0.3, -0.25) is 48.4 Å². The van der Waals surface area contributed by atoms with Gasteiger partial charge in [0.15, 0.2) is 0 Å². The first-order chi connectivity index (χ1) is 27.9. The number of rotatable bonds is 20. The lowest BCUT2D eigenvalue weighted by Gasteiger charge is -2.32. The first kappa shape index (κ1) is 51.1. The molecule has 324 valence electrons. The molecule has 17 nitrogen and oxygen atoms in total. The molecule has 1 fully saturated rings. The Balaban J connectivity index is 0.000000561. The number of hydrogen-bond acceptors (Lipinski definition) is 11. The Bertz CT molecular complexity index is 1450. The third-order valence-corrected chi connectivity index (χ3v) is 9.16. The minimum atomic E-state index is -0.996. The highest BCUT2D eigenvalue weighted by Gasteiger charge is 2.21. The second-order valence-electron chi connectivity index (χ2n) is 13.7. The average Bonchev–Trinajstić information content (AvgIpc) is 3.19. The molecule has 3 rings (SSSR count). The third kappa shape index (κ3) is 23.3. The summed E-state index contributed by atoms with van der Waals surface area (Å²) in [6, 6.07) is 17.7. The molecule has 0 bridgehead atoms. The van der Waals surface area contributed by atoms with Crippen molar-refractivity contribution in [1.82, 2.24) is 35.6 Å². The molecule has 1 heterocycles. The molecular weight excluding hydrogens is 748 g/mol. The summed E-state index contributed by atoms with van der Waals surface area (Å²) in [7, 11) is 1.50. The molecule has 2 aromatic carbocycles. The summed E-state index contributed by atoms with van der Waals surface area (Å²) in [5.41, 5.74) is 7.81. The number of nitrogens with two attached hydrogens (primary N) is 1. The zero-order chi connectivity index (χ0) is 43.1. The normalized spacial score (nSPS) is 15.0. The van der Waals surface area contributed by atoms with Crippen LogP contribution in [-0.2, 0) is 35.2 Å². The van der Waals surface area contributed by atoms with Gasteiger partial charge in [0, 0.05) is 71.9 Å². The number of aliphatic carboxylic acids is 3. The molecule has 2 aromatic rings. The number of carboxylic acid groups (broad SMARTS) is 3. The van der Waals surface area contributed by atoms with E-state index in [1.54, 1.807) is 14.7 Å². The maximum Gasteiger partial charge on any atom is 0.317 e. The van der Waals surface area contributed by atoms with E-state index in [1.807, 2.05) is 54.3 Å². The van der Waals surface area contributed by atoms with E-state index in [0.717, 1.165) is 29.5 Å². The Morgan fingerprint density at radius 3 is 1.50 bits per heavy atom. The van der Waals surface area contributed by atoms with Crippen molar-refractivity contribution in [3.8, 4) is 11.1 Å². The first-order valence-electron chi connectivity index (χ1n) is 19.9.